The molecule has 0 saturated carbocycles. The summed E-state index contributed by atoms with van der Waals surface area (Å²) >= 11 is 0. The van der Waals surface area contributed by atoms with Gasteiger partial charge in [0.2, 0.25) is 0 Å². The van der Waals surface area contributed by atoms with Crippen molar-refractivity contribution < 1.29 is 29.3 Å². The Morgan fingerprint density at radius 1 is 1.46 bits per heavy atom. The molecule has 1 radical (unpaired) electrons. The zero-order chi connectivity index (χ0) is 9.35. The third-order valence-electron chi connectivity index (χ3n) is 1.57. The third kappa shape index (κ3) is 3.92. The van der Waals surface area contributed by atoms with Gasteiger partial charge in [-0.2, -0.15) is 0 Å². The van der Waals surface area contributed by atoms with Gasteiger partial charge >= 0.3 is 56.5 Å². The van der Waals surface area contributed by atoms with Crippen LogP contribution in [-0.4, -0.2) is 93.5 Å². The summed E-state index contributed by atoms with van der Waals surface area (Å²) in [5.41, 5.74) is 0. The molecule has 1 fully saturated rings. The molecule has 4 N–H and O–H groups in total. The minimum atomic E-state index is -4.35. The zero-order valence-electron chi connectivity index (χ0n) is 6.07. The molecule has 0 spiro atoms. The molecule has 0 aromatic heterocycles. The van der Waals surface area contributed by atoms with Crippen LogP contribution in [0.15, 0.2) is 0 Å². The fraction of sp³-hybridized carbons (Fsp3) is 0.800. The van der Waals surface area contributed by atoms with Gasteiger partial charge in [0.1, 0.15) is 6.10 Å². The first-order chi connectivity index (χ1) is 5.45. The second-order valence-corrected chi connectivity index (χ2v) is 4.21. The molecule has 0 aromatic rings. The van der Waals surface area contributed by atoms with Crippen LogP contribution in [0.1, 0.15) is 0 Å². The van der Waals surface area contributed by atoms with Crippen molar-refractivity contribution in [2.45, 2.75) is 18.1 Å². The molecule has 0 aliphatic carbocycles. The Labute approximate surface area is 116 Å². The number of hydrogen-bond acceptors (Lipinski definition) is 4. The van der Waals surface area contributed by atoms with Crippen LogP contribution in [0, 0.1) is 6.42 Å². The number of ether oxygens (including phenoxy) is 1. The fourth-order valence-electron chi connectivity index (χ4n) is 0.940. The van der Waals surface area contributed by atoms with Gasteiger partial charge in [0.15, 0.2) is 5.85 Å². The molecular formula is C5H12BaO6P. The minimum absolute atomic E-state index is 0. The van der Waals surface area contributed by atoms with Gasteiger partial charge in [-0.3, -0.25) is 4.57 Å². The van der Waals surface area contributed by atoms with E-state index in [9.17, 15) is 4.57 Å². The maximum absolute atomic E-state index is 10.6. The van der Waals surface area contributed by atoms with Gasteiger partial charge in [0.05, 0.1) is 12.7 Å². The second-order valence-electron chi connectivity index (χ2n) is 2.52. The van der Waals surface area contributed by atoms with Gasteiger partial charge in [-0.1, -0.05) is 0 Å². The van der Waals surface area contributed by atoms with E-state index < -0.39 is 32.3 Å². The summed E-state index contributed by atoms with van der Waals surface area (Å²) in [5, 5.41) is 17.6. The molecule has 1 aliphatic rings. The van der Waals surface area contributed by atoms with Crippen molar-refractivity contribution in [3.63, 3.8) is 0 Å². The summed E-state index contributed by atoms with van der Waals surface area (Å²) in [6.07, 6.45) is -1.06. The summed E-state index contributed by atoms with van der Waals surface area (Å²) < 4.78 is 15.3. The van der Waals surface area contributed by atoms with Crippen molar-refractivity contribution in [3.05, 3.63) is 6.42 Å². The first-order valence-electron chi connectivity index (χ1n) is 3.29. The molecular weight excluding hydrogens is 324 g/mol. The summed E-state index contributed by atoms with van der Waals surface area (Å²) in [5.74, 6) is -1.40. The monoisotopic (exact) mass is 337 g/mol. The Kier molecular flexibility index (Phi) is 6.31. The summed E-state index contributed by atoms with van der Waals surface area (Å²) in [6.45, 7) is -0.464. The molecule has 1 saturated heterocycles. The first-order valence-corrected chi connectivity index (χ1v) is 4.98. The van der Waals surface area contributed by atoms with Crippen molar-refractivity contribution in [1.29, 1.82) is 0 Å². The van der Waals surface area contributed by atoms with Crippen LogP contribution in [0.3, 0.4) is 0 Å². The predicted octanol–water partition coefficient (Wildman–Crippen LogP) is -2.47. The van der Waals surface area contributed by atoms with Gasteiger partial charge in [-0.05, 0) is 0 Å². The van der Waals surface area contributed by atoms with E-state index in [0.717, 1.165) is 6.42 Å². The van der Waals surface area contributed by atoms with Crippen molar-refractivity contribution in [1.82, 2.24) is 0 Å². The molecule has 1 unspecified atom stereocenters. The molecule has 3 atom stereocenters. The van der Waals surface area contributed by atoms with Crippen LogP contribution >= 0.6 is 7.60 Å². The molecule has 0 aromatic carbocycles. The van der Waals surface area contributed by atoms with Crippen molar-refractivity contribution in [2.24, 2.45) is 0 Å². The van der Waals surface area contributed by atoms with Gasteiger partial charge in [0, 0.05) is 6.42 Å². The van der Waals surface area contributed by atoms with Crippen LogP contribution in [0.5, 0.6) is 0 Å². The van der Waals surface area contributed by atoms with E-state index in [1.165, 1.54) is 0 Å². The summed E-state index contributed by atoms with van der Waals surface area (Å²) in [4.78, 5) is 17.2. The van der Waals surface area contributed by atoms with E-state index in [0.29, 0.717) is 0 Å². The van der Waals surface area contributed by atoms with E-state index in [1.807, 2.05) is 0 Å². The Bertz CT molecular complexity index is 205. The summed E-state index contributed by atoms with van der Waals surface area (Å²) in [7, 11) is -4.35. The normalized spacial score (nSPS) is 34.3. The third-order valence-corrected chi connectivity index (χ3v) is 2.53. The van der Waals surface area contributed by atoms with Crippen molar-refractivity contribution in [2.75, 3.05) is 6.61 Å². The zero-order valence-corrected chi connectivity index (χ0v) is 6.96. The first kappa shape index (κ1) is 14.6. The number of aliphatic hydroxyl groups is 2. The standard InChI is InChI=1S/C5H10O6P.Ba.2H/c6-2-4-3(7)1-5(11-4)12(8,9)10;;;/h1,3-7H,2H2,(H2,8,9,10);;;/t3-,4+,5?;;;/m0.../s1. The van der Waals surface area contributed by atoms with Crippen LogP contribution in [0.4, 0.5) is 0 Å². The van der Waals surface area contributed by atoms with Crippen LogP contribution < -0.4 is 0 Å². The Hall–Kier alpha value is 1.60. The number of rotatable bonds is 2. The van der Waals surface area contributed by atoms with Crippen molar-refractivity contribution >= 4 is 56.5 Å². The quantitative estimate of drug-likeness (QED) is 0.329. The Morgan fingerprint density at radius 3 is 2.23 bits per heavy atom. The topological polar surface area (TPSA) is 107 Å². The number of aliphatic hydroxyl groups excluding tert-OH is 2. The Balaban J connectivity index is 0.00000144. The van der Waals surface area contributed by atoms with Crippen LogP contribution in [-0.2, 0) is 9.30 Å². The summed E-state index contributed by atoms with van der Waals surface area (Å²) in [6, 6.07) is 0. The van der Waals surface area contributed by atoms with Gasteiger partial charge in [-0.25, -0.2) is 0 Å². The van der Waals surface area contributed by atoms with Gasteiger partial charge in [0.25, 0.3) is 0 Å². The molecule has 0 amide bonds. The molecule has 0 bridgehead atoms. The maximum atomic E-state index is 10.6. The van der Waals surface area contributed by atoms with Crippen LogP contribution in [0.25, 0.3) is 0 Å². The van der Waals surface area contributed by atoms with E-state index in [1.54, 1.807) is 0 Å². The molecule has 1 rings (SSSR count). The number of hydrogen-bond donors (Lipinski definition) is 4. The molecule has 13 heavy (non-hydrogen) atoms. The van der Waals surface area contributed by atoms with E-state index in [4.69, 9.17) is 20.0 Å². The second kappa shape index (κ2) is 5.62. The molecule has 1 aliphatic heterocycles. The van der Waals surface area contributed by atoms with E-state index in [-0.39, 0.29) is 48.9 Å². The molecule has 6 nitrogen and oxygen atoms in total. The fourth-order valence-corrected chi connectivity index (χ4v) is 1.66. The van der Waals surface area contributed by atoms with Gasteiger partial charge < -0.3 is 24.7 Å². The van der Waals surface area contributed by atoms with Gasteiger partial charge in [-0.15, -0.1) is 0 Å². The van der Waals surface area contributed by atoms with E-state index in [2.05, 4.69) is 4.74 Å². The average Bonchev–Trinajstić information content (AvgIpc) is 2.29. The SMILES string of the molecule is O=P(O)(O)C1[CH][C@H](O)[C@@H](CO)O1.[BaH2]. The van der Waals surface area contributed by atoms with Crippen molar-refractivity contribution in [3.8, 4) is 0 Å². The molecule has 1 heterocycles. The molecule has 8 heteroatoms. The predicted molar refractivity (Wildman–Crippen MR) is 46.6 cm³/mol. The van der Waals surface area contributed by atoms with E-state index >= 15 is 0 Å². The molecule has 75 valence electrons. The Morgan fingerprint density at radius 2 is 2.00 bits per heavy atom. The van der Waals surface area contributed by atoms with Crippen LogP contribution in [0.2, 0.25) is 0 Å². The average molecular weight is 336 g/mol.